The zero-order chi connectivity index (χ0) is 9.97. The first-order chi connectivity index (χ1) is 6.81. The highest BCUT2D eigenvalue weighted by molar-refractivity contribution is 6.30. The van der Waals surface area contributed by atoms with Crippen molar-refractivity contribution in [2.75, 3.05) is 0 Å². The first-order valence-electron chi connectivity index (χ1n) is 4.06. The third-order valence-electron chi connectivity index (χ3n) is 1.87. The summed E-state index contributed by atoms with van der Waals surface area (Å²) in [5.41, 5.74) is 1.26. The lowest BCUT2D eigenvalue weighted by Gasteiger charge is -2.04. The molecule has 0 saturated carbocycles. The maximum Gasteiger partial charge on any atom is 0.152 e. The quantitative estimate of drug-likeness (QED) is 0.707. The van der Waals surface area contributed by atoms with Crippen molar-refractivity contribution in [3.8, 4) is 5.69 Å². The highest BCUT2D eigenvalue weighted by Crippen LogP contribution is 2.17. The van der Waals surface area contributed by atoms with Gasteiger partial charge in [-0.05, 0) is 24.3 Å². The molecule has 3 nitrogen and oxygen atoms in total. The number of halogens is 1. The summed E-state index contributed by atoms with van der Waals surface area (Å²) in [6.07, 6.45) is 4.20. The van der Waals surface area contributed by atoms with Gasteiger partial charge in [-0.15, -0.1) is 0 Å². The van der Waals surface area contributed by atoms with Gasteiger partial charge in [0.1, 0.15) is 0 Å². The van der Waals surface area contributed by atoms with Crippen molar-refractivity contribution in [3.05, 3.63) is 47.2 Å². The molecule has 0 aliphatic carbocycles. The molecular formula is C10H7ClN2O. The van der Waals surface area contributed by atoms with Crippen LogP contribution in [0.4, 0.5) is 0 Å². The molecule has 70 valence electrons. The summed E-state index contributed by atoms with van der Waals surface area (Å²) < 4.78 is 1.63. The van der Waals surface area contributed by atoms with Gasteiger partial charge in [-0.2, -0.15) is 5.10 Å². The van der Waals surface area contributed by atoms with Gasteiger partial charge in [-0.3, -0.25) is 4.79 Å². The smallest absolute Gasteiger partial charge is 0.152 e. The normalized spacial score (nSPS) is 10.1. The first kappa shape index (κ1) is 8.97. The van der Waals surface area contributed by atoms with Gasteiger partial charge in [-0.25, -0.2) is 4.68 Å². The zero-order valence-corrected chi connectivity index (χ0v) is 7.98. The molecule has 0 unspecified atom stereocenters. The Morgan fingerprint density at radius 3 is 2.93 bits per heavy atom. The molecule has 2 aromatic rings. The third kappa shape index (κ3) is 1.54. The van der Waals surface area contributed by atoms with Crippen molar-refractivity contribution in [1.82, 2.24) is 9.78 Å². The van der Waals surface area contributed by atoms with E-state index in [0.29, 0.717) is 10.6 Å². The zero-order valence-electron chi connectivity index (χ0n) is 7.22. The van der Waals surface area contributed by atoms with Gasteiger partial charge in [-0.1, -0.05) is 11.6 Å². The van der Waals surface area contributed by atoms with Crippen molar-refractivity contribution in [1.29, 1.82) is 0 Å². The Morgan fingerprint density at radius 2 is 2.29 bits per heavy atom. The Bertz CT molecular complexity index is 451. The van der Waals surface area contributed by atoms with Crippen LogP contribution in [0.1, 0.15) is 10.4 Å². The lowest BCUT2D eigenvalue weighted by molar-refractivity contribution is 0.112. The minimum atomic E-state index is 0.529. The Morgan fingerprint density at radius 1 is 1.43 bits per heavy atom. The van der Waals surface area contributed by atoms with E-state index >= 15 is 0 Å². The Labute approximate surface area is 85.9 Å². The van der Waals surface area contributed by atoms with E-state index in [9.17, 15) is 4.79 Å². The summed E-state index contributed by atoms with van der Waals surface area (Å²) in [5.74, 6) is 0. The number of carbonyl (C=O) groups excluding carboxylic acids is 1. The molecule has 14 heavy (non-hydrogen) atoms. The molecule has 0 aliphatic rings. The minimum absolute atomic E-state index is 0.529. The number of rotatable bonds is 2. The maximum atomic E-state index is 10.8. The molecule has 0 N–H and O–H groups in total. The van der Waals surface area contributed by atoms with Crippen LogP contribution in [0, 0.1) is 0 Å². The van der Waals surface area contributed by atoms with Crippen molar-refractivity contribution < 1.29 is 4.79 Å². The fraction of sp³-hybridized carbons (Fsp3) is 0. The number of carbonyl (C=O) groups is 1. The summed E-state index contributed by atoms with van der Waals surface area (Å²) in [6, 6.07) is 6.90. The van der Waals surface area contributed by atoms with E-state index in [1.54, 1.807) is 41.3 Å². The monoisotopic (exact) mass is 206 g/mol. The summed E-state index contributed by atoms with van der Waals surface area (Å²) in [7, 11) is 0. The van der Waals surface area contributed by atoms with Crippen LogP contribution in [0.5, 0.6) is 0 Å². The minimum Gasteiger partial charge on any atom is -0.298 e. The van der Waals surface area contributed by atoms with Crippen molar-refractivity contribution in [2.24, 2.45) is 0 Å². The summed E-state index contributed by atoms with van der Waals surface area (Å²) in [6.45, 7) is 0. The first-order valence-corrected chi connectivity index (χ1v) is 4.44. The topological polar surface area (TPSA) is 34.9 Å². The predicted molar refractivity (Wildman–Crippen MR) is 54.0 cm³/mol. The Kier molecular flexibility index (Phi) is 2.33. The van der Waals surface area contributed by atoms with E-state index in [-0.39, 0.29) is 0 Å². The summed E-state index contributed by atoms with van der Waals surface area (Å²) in [4.78, 5) is 10.8. The molecule has 0 aliphatic heterocycles. The fourth-order valence-corrected chi connectivity index (χ4v) is 1.42. The van der Waals surface area contributed by atoms with E-state index in [4.69, 9.17) is 11.6 Å². The predicted octanol–water partition coefficient (Wildman–Crippen LogP) is 2.34. The van der Waals surface area contributed by atoms with Gasteiger partial charge in [0, 0.05) is 23.0 Å². The van der Waals surface area contributed by atoms with Crippen molar-refractivity contribution >= 4 is 17.9 Å². The van der Waals surface area contributed by atoms with Gasteiger partial charge in [0.2, 0.25) is 0 Å². The highest BCUT2D eigenvalue weighted by atomic mass is 35.5. The molecule has 0 bridgehead atoms. The van der Waals surface area contributed by atoms with E-state index in [1.165, 1.54) is 0 Å². The second kappa shape index (κ2) is 3.64. The molecule has 1 aromatic carbocycles. The number of aldehydes is 1. The van der Waals surface area contributed by atoms with Crippen molar-refractivity contribution in [3.63, 3.8) is 0 Å². The molecule has 1 aromatic heterocycles. The van der Waals surface area contributed by atoms with Crippen LogP contribution in [-0.4, -0.2) is 16.1 Å². The van der Waals surface area contributed by atoms with Gasteiger partial charge >= 0.3 is 0 Å². The summed E-state index contributed by atoms with van der Waals surface area (Å²) >= 11 is 5.77. The Balaban J connectivity index is 2.58. The second-order valence-electron chi connectivity index (χ2n) is 2.77. The fourth-order valence-electron chi connectivity index (χ4n) is 1.24. The molecule has 2 rings (SSSR count). The molecular weight excluding hydrogens is 200 g/mol. The van der Waals surface area contributed by atoms with E-state index in [0.717, 1.165) is 12.0 Å². The molecule has 0 saturated heterocycles. The van der Waals surface area contributed by atoms with Crippen LogP contribution in [0.2, 0.25) is 5.02 Å². The number of nitrogens with zero attached hydrogens (tertiary/aromatic N) is 2. The standard InChI is InChI=1S/C10H7ClN2O/c11-9-2-3-10(8(6-9)7-14)13-5-1-4-12-13/h1-7H. The number of hydrogen-bond donors (Lipinski definition) is 0. The number of benzene rings is 1. The third-order valence-corrected chi connectivity index (χ3v) is 2.10. The maximum absolute atomic E-state index is 10.8. The Hall–Kier alpha value is -1.61. The number of hydrogen-bond acceptors (Lipinski definition) is 2. The van der Waals surface area contributed by atoms with Crippen LogP contribution < -0.4 is 0 Å². The summed E-state index contributed by atoms with van der Waals surface area (Å²) in [5, 5.41) is 4.58. The molecule has 0 radical (unpaired) electrons. The van der Waals surface area contributed by atoms with Gasteiger partial charge in [0.25, 0.3) is 0 Å². The van der Waals surface area contributed by atoms with Gasteiger partial charge in [0.15, 0.2) is 6.29 Å². The van der Waals surface area contributed by atoms with Crippen LogP contribution in [0.25, 0.3) is 5.69 Å². The van der Waals surface area contributed by atoms with E-state index in [1.807, 2.05) is 0 Å². The van der Waals surface area contributed by atoms with E-state index < -0.39 is 0 Å². The van der Waals surface area contributed by atoms with Gasteiger partial charge < -0.3 is 0 Å². The second-order valence-corrected chi connectivity index (χ2v) is 3.21. The molecule has 0 fully saturated rings. The lowest BCUT2D eigenvalue weighted by Crippen LogP contribution is -1.98. The average molecular weight is 207 g/mol. The van der Waals surface area contributed by atoms with Crippen molar-refractivity contribution in [2.45, 2.75) is 0 Å². The van der Waals surface area contributed by atoms with Gasteiger partial charge in [0.05, 0.1) is 5.69 Å². The molecule has 0 amide bonds. The molecule has 0 atom stereocenters. The number of aromatic nitrogens is 2. The van der Waals surface area contributed by atoms with Crippen LogP contribution in [0.3, 0.4) is 0 Å². The highest BCUT2D eigenvalue weighted by Gasteiger charge is 2.04. The van der Waals surface area contributed by atoms with Crippen LogP contribution >= 0.6 is 11.6 Å². The average Bonchev–Trinajstić information content (AvgIpc) is 2.70. The van der Waals surface area contributed by atoms with E-state index in [2.05, 4.69) is 5.10 Å². The molecule has 4 heteroatoms. The molecule has 1 heterocycles. The van der Waals surface area contributed by atoms with Crippen LogP contribution in [0.15, 0.2) is 36.7 Å². The van der Waals surface area contributed by atoms with Crippen LogP contribution in [-0.2, 0) is 0 Å². The largest absolute Gasteiger partial charge is 0.298 e. The lowest BCUT2D eigenvalue weighted by atomic mass is 10.2. The SMILES string of the molecule is O=Cc1cc(Cl)ccc1-n1cccn1. The molecule has 0 spiro atoms.